The highest BCUT2D eigenvalue weighted by molar-refractivity contribution is 5.95. The van der Waals surface area contributed by atoms with Crippen LogP contribution < -0.4 is 0 Å². The summed E-state index contributed by atoms with van der Waals surface area (Å²) in [5, 5.41) is 0. The first-order chi connectivity index (χ1) is 14.9. The van der Waals surface area contributed by atoms with Gasteiger partial charge in [-0.25, -0.2) is 0 Å². The molecule has 1 aliphatic rings. The van der Waals surface area contributed by atoms with Crippen molar-refractivity contribution in [2.75, 3.05) is 26.3 Å². The van der Waals surface area contributed by atoms with Gasteiger partial charge in [0.05, 0.1) is 38.6 Å². The predicted molar refractivity (Wildman–Crippen MR) is 117 cm³/mol. The quantitative estimate of drug-likeness (QED) is 0.533. The molecule has 7 heteroatoms. The fourth-order valence-electron chi connectivity index (χ4n) is 3.72. The number of hydrogen-bond donors (Lipinski definition) is 0. The highest BCUT2D eigenvalue weighted by Crippen LogP contribution is 2.19. The molecule has 1 atom stereocenters. The average Bonchev–Trinajstić information content (AvgIpc) is 3.43. The Labute approximate surface area is 184 Å². The Morgan fingerprint density at radius 3 is 2.55 bits per heavy atom. The number of carbonyl (C=O) groups excluding carboxylic acids is 2. The van der Waals surface area contributed by atoms with E-state index in [1.807, 2.05) is 12.1 Å². The van der Waals surface area contributed by atoms with Crippen LogP contribution in [0.3, 0.4) is 0 Å². The third kappa shape index (κ3) is 6.80. The zero-order valence-corrected chi connectivity index (χ0v) is 18.8. The molecule has 3 rings (SSSR count). The Morgan fingerprint density at radius 1 is 1.10 bits per heavy atom. The molecule has 170 valence electrons. The lowest BCUT2D eigenvalue weighted by Gasteiger charge is -2.27. The minimum absolute atomic E-state index is 0.0562. The van der Waals surface area contributed by atoms with Crippen LogP contribution in [0.4, 0.5) is 0 Å². The van der Waals surface area contributed by atoms with Crippen molar-refractivity contribution >= 4 is 11.7 Å². The molecule has 0 saturated carbocycles. The van der Waals surface area contributed by atoms with E-state index in [9.17, 15) is 9.59 Å². The Hall–Kier alpha value is -2.38. The maximum absolute atomic E-state index is 13.3. The molecule has 0 N–H and O–H groups in total. The van der Waals surface area contributed by atoms with Gasteiger partial charge in [0.2, 0.25) is 0 Å². The first kappa shape index (κ1) is 23.3. The molecule has 7 nitrogen and oxygen atoms in total. The van der Waals surface area contributed by atoms with Gasteiger partial charge in [-0.15, -0.1) is 0 Å². The van der Waals surface area contributed by atoms with Gasteiger partial charge in [-0.3, -0.25) is 14.5 Å². The highest BCUT2D eigenvalue weighted by Gasteiger charge is 2.29. The van der Waals surface area contributed by atoms with E-state index in [-0.39, 0.29) is 24.0 Å². The number of nitrogens with zero attached hydrogens (tertiary/aromatic N) is 2. The SMILES string of the molecule is CC(C)CCCC(=O)[C@@H](C)N(Cc1ccco1)C(=O)c1ccc(CN2CCOCC2)o1. The molecule has 0 spiro atoms. The summed E-state index contributed by atoms with van der Waals surface area (Å²) in [6.45, 7) is 10.0. The van der Waals surface area contributed by atoms with Crippen LogP contribution in [0.2, 0.25) is 0 Å². The standard InChI is InChI=1S/C24H34N2O5/c1-18(2)6-4-8-22(27)19(3)26(17-20-7-5-13-30-20)24(28)23-10-9-21(31-23)16-25-11-14-29-15-12-25/h5,7,9-10,13,18-19H,4,6,8,11-12,14-17H2,1-3H3/t19-/m1/s1. The average molecular weight is 431 g/mol. The molecule has 0 aromatic carbocycles. The minimum Gasteiger partial charge on any atom is -0.467 e. The van der Waals surface area contributed by atoms with Crippen LogP contribution in [0.5, 0.6) is 0 Å². The fourth-order valence-corrected chi connectivity index (χ4v) is 3.72. The number of ketones is 1. The first-order valence-corrected chi connectivity index (χ1v) is 11.2. The lowest BCUT2D eigenvalue weighted by Crippen LogP contribution is -2.42. The topological polar surface area (TPSA) is 76.1 Å². The van der Waals surface area contributed by atoms with Gasteiger partial charge in [-0.1, -0.05) is 20.3 Å². The van der Waals surface area contributed by atoms with Crippen LogP contribution in [-0.2, 0) is 22.6 Å². The van der Waals surface area contributed by atoms with Gasteiger partial charge in [-0.2, -0.15) is 0 Å². The summed E-state index contributed by atoms with van der Waals surface area (Å²) >= 11 is 0. The number of hydrogen-bond acceptors (Lipinski definition) is 6. The molecule has 0 aliphatic carbocycles. The second kappa shape index (κ2) is 11.3. The molecule has 1 amide bonds. The van der Waals surface area contributed by atoms with Crippen LogP contribution in [0, 0.1) is 5.92 Å². The van der Waals surface area contributed by atoms with Gasteiger partial charge in [-0.05, 0) is 43.5 Å². The van der Waals surface area contributed by atoms with E-state index in [2.05, 4.69) is 18.7 Å². The lowest BCUT2D eigenvalue weighted by atomic mass is 10.0. The minimum atomic E-state index is -0.558. The molecule has 31 heavy (non-hydrogen) atoms. The fraction of sp³-hybridized carbons (Fsp3) is 0.583. The molecule has 0 radical (unpaired) electrons. The Balaban J connectivity index is 1.69. The number of rotatable bonds is 11. The molecule has 2 aromatic rings. The summed E-state index contributed by atoms with van der Waals surface area (Å²) in [5.74, 6) is 1.93. The molecule has 0 bridgehead atoms. The van der Waals surface area contributed by atoms with Gasteiger partial charge in [0.15, 0.2) is 11.5 Å². The summed E-state index contributed by atoms with van der Waals surface area (Å²) in [4.78, 5) is 29.9. The molecular weight excluding hydrogens is 396 g/mol. The maximum Gasteiger partial charge on any atom is 0.290 e. The van der Waals surface area contributed by atoms with E-state index in [0.29, 0.717) is 37.9 Å². The van der Waals surface area contributed by atoms with E-state index < -0.39 is 6.04 Å². The van der Waals surface area contributed by atoms with Gasteiger partial charge in [0.1, 0.15) is 11.5 Å². The largest absolute Gasteiger partial charge is 0.467 e. The second-order valence-corrected chi connectivity index (χ2v) is 8.60. The van der Waals surface area contributed by atoms with E-state index >= 15 is 0 Å². The summed E-state index contributed by atoms with van der Waals surface area (Å²) < 4.78 is 16.7. The lowest BCUT2D eigenvalue weighted by molar-refractivity contribution is -0.123. The van der Waals surface area contributed by atoms with Crippen molar-refractivity contribution in [3.05, 3.63) is 47.8 Å². The van der Waals surface area contributed by atoms with E-state index in [1.54, 1.807) is 30.2 Å². The molecule has 0 unspecified atom stereocenters. The monoisotopic (exact) mass is 430 g/mol. The third-order valence-corrected chi connectivity index (χ3v) is 5.66. The van der Waals surface area contributed by atoms with Gasteiger partial charge in [0.25, 0.3) is 5.91 Å². The first-order valence-electron chi connectivity index (χ1n) is 11.2. The smallest absolute Gasteiger partial charge is 0.290 e. The number of Topliss-reactive ketones (excluding diaryl/α,β-unsaturated/α-hetero) is 1. The maximum atomic E-state index is 13.3. The van der Waals surface area contributed by atoms with E-state index in [4.69, 9.17) is 13.6 Å². The summed E-state index contributed by atoms with van der Waals surface area (Å²) in [6.07, 6.45) is 3.85. The normalized spacial score (nSPS) is 15.9. The van der Waals surface area contributed by atoms with E-state index in [1.165, 1.54) is 0 Å². The second-order valence-electron chi connectivity index (χ2n) is 8.60. The number of morpholine rings is 1. The highest BCUT2D eigenvalue weighted by atomic mass is 16.5. The Morgan fingerprint density at radius 2 is 1.87 bits per heavy atom. The van der Waals surface area contributed by atoms with Gasteiger partial charge < -0.3 is 18.5 Å². The van der Waals surface area contributed by atoms with Crippen molar-refractivity contribution in [1.29, 1.82) is 0 Å². The summed E-state index contributed by atoms with van der Waals surface area (Å²) in [7, 11) is 0. The van der Waals surface area contributed by atoms with Crippen molar-refractivity contribution in [3.8, 4) is 0 Å². The predicted octanol–water partition coefficient (Wildman–Crippen LogP) is 4.13. The van der Waals surface area contributed by atoms with Crippen LogP contribution in [0.15, 0.2) is 39.4 Å². The number of carbonyl (C=O) groups is 2. The molecule has 2 aromatic heterocycles. The van der Waals surface area contributed by atoms with Crippen LogP contribution in [0.25, 0.3) is 0 Å². The Bertz CT molecular complexity index is 821. The number of amides is 1. The van der Waals surface area contributed by atoms with Crippen molar-refractivity contribution in [1.82, 2.24) is 9.80 Å². The molecule has 3 heterocycles. The van der Waals surface area contributed by atoms with Gasteiger partial charge in [0, 0.05) is 19.5 Å². The number of ether oxygens (including phenoxy) is 1. The molecule has 1 saturated heterocycles. The van der Waals surface area contributed by atoms with Crippen molar-refractivity contribution in [2.24, 2.45) is 5.92 Å². The van der Waals surface area contributed by atoms with E-state index in [0.717, 1.165) is 31.7 Å². The summed E-state index contributed by atoms with van der Waals surface area (Å²) in [6, 6.07) is 6.56. The third-order valence-electron chi connectivity index (χ3n) is 5.66. The van der Waals surface area contributed by atoms with Crippen molar-refractivity contribution in [2.45, 2.75) is 59.2 Å². The van der Waals surface area contributed by atoms with Gasteiger partial charge >= 0.3 is 0 Å². The van der Waals surface area contributed by atoms with Crippen LogP contribution in [0.1, 0.15) is 62.1 Å². The Kier molecular flexibility index (Phi) is 8.49. The zero-order chi connectivity index (χ0) is 22.2. The zero-order valence-electron chi connectivity index (χ0n) is 18.8. The molecule has 1 aliphatic heterocycles. The molecule has 1 fully saturated rings. The summed E-state index contributed by atoms with van der Waals surface area (Å²) in [5.41, 5.74) is 0. The van der Waals surface area contributed by atoms with Crippen molar-refractivity contribution in [3.63, 3.8) is 0 Å². The van der Waals surface area contributed by atoms with Crippen LogP contribution in [-0.4, -0.2) is 53.8 Å². The number of furan rings is 2. The molecular formula is C24H34N2O5. The van der Waals surface area contributed by atoms with Crippen molar-refractivity contribution < 1.29 is 23.2 Å². The van der Waals surface area contributed by atoms with Crippen LogP contribution >= 0.6 is 0 Å².